The molecule has 0 radical (unpaired) electrons. The van der Waals surface area contributed by atoms with Crippen LogP contribution >= 0.6 is 0 Å². The van der Waals surface area contributed by atoms with E-state index in [2.05, 4.69) is 125 Å². The molecule has 150 valence electrons. The zero-order valence-electron chi connectivity index (χ0n) is 18.4. The largest absolute Gasteiger partial charge is 0.0622 e. The Bertz CT molecular complexity index is 1140. The summed E-state index contributed by atoms with van der Waals surface area (Å²) in [5, 5.41) is 0. The molecule has 4 aromatic rings. The molecular weight excluding hydrogens is 360 g/mol. The molecule has 0 aliphatic heterocycles. The summed E-state index contributed by atoms with van der Waals surface area (Å²) >= 11 is 0. The maximum Gasteiger partial charge on any atom is -0.00567 e. The molecule has 0 heterocycles. The first-order chi connectivity index (χ1) is 14.4. The summed E-state index contributed by atoms with van der Waals surface area (Å²) in [5.74, 6) is 0. The average Bonchev–Trinajstić information content (AvgIpc) is 2.75. The number of aryl methyl sites for hydroxylation is 2. The van der Waals surface area contributed by atoms with Crippen molar-refractivity contribution in [1.82, 2.24) is 0 Å². The van der Waals surface area contributed by atoms with Gasteiger partial charge in [-0.1, -0.05) is 122 Å². The molecule has 0 aromatic heterocycles. The van der Waals surface area contributed by atoms with Gasteiger partial charge in [-0.25, -0.2) is 0 Å². The SMILES string of the molecule is Cc1ccc(-c2ccccc2)c(CC(C)(C)c2cc(C)ccc2-c2ccccc2)c1. The number of hydrogen-bond donors (Lipinski definition) is 0. The molecule has 0 heteroatoms. The monoisotopic (exact) mass is 390 g/mol. The van der Waals surface area contributed by atoms with Crippen molar-refractivity contribution in [1.29, 1.82) is 0 Å². The second-order valence-electron chi connectivity index (χ2n) is 9.00. The van der Waals surface area contributed by atoms with Crippen LogP contribution in [-0.2, 0) is 11.8 Å². The van der Waals surface area contributed by atoms with Crippen LogP contribution in [0.3, 0.4) is 0 Å². The first-order valence-corrected chi connectivity index (χ1v) is 10.8. The Hall–Kier alpha value is -3.12. The normalized spacial score (nSPS) is 11.5. The number of benzene rings is 4. The van der Waals surface area contributed by atoms with E-state index in [0.717, 1.165) is 6.42 Å². The van der Waals surface area contributed by atoms with Crippen molar-refractivity contribution in [2.75, 3.05) is 0 Å². The Kier molecular flexibility index (Phi) is 5.59. The van der Waals surface area contributed by atoms with Crippen molar-refractivity contribution in [3.63, 3.8) is 0 Å². The van der Waals surface area contributed by atoms with Crippen molar-refractivity contribution in [3.8, 4) is 22.3 Å². The first-order valence-electron chi connectivity index (χ1n) is 10.8. The predicted molar refractivity (Wildman–Crippen MR) is 130 cm³/mol. The molecule has 0 fully saturated rings. The third-order valence-corrected chi connectivity index (χ3v) is 5.97. The van der Waals surface area contributed by atoms with Crippen LogP contribution in [0.5, 0.6) is 0 Å². The van der Waals surface area contributed by atoms with E-state index in [9.17, 15) is 0 Å². The van der Waals surface area contributed by atoms with E-state index in [1.165, 1.54) is 44.5 Å². The van der Waals surface area contributed by atoms with Gasteiger partial charge in [-0.3, -0.25) is 0 Å². The van der Waals surface area contributed by atoms with Gasteiger partial charge in [0.15, 0.2) is 0 Å². The van der Waals surface area contributed by atoms with Crippen LogP contribution in [0.2, 0.25) is 0 Å². The van der Waals surface area contributed by atoms with Crippen LogP contribution in [0.4, 0.5) is 0 Å². The minimum absolute atomic E-state index is 0.00544. The van der Waals surface area contributed by atoms with Gasteiger partial charge in [-0.2, -0.15) is 0 Å². The maximum atomic E-state index is 2.38. The minimum atomic E-state index is -0.00544. The van der Waals surface area contributed by atoms with Crippen molar-refractivity contribution in [3.05, 3.63) is 119 Å². The van der Waals surface area contributed by atoms with E-state index < -0.39 is 0 Å². The molecule has 4 rings (SSSR count). The van der Waals surface area contributed by atoms with Crippen LogP contribution in [0, 0.1) is 13.8 Å². The Morgan fingerprint density at radius 1 is 0.567 bits per heavy atom. The van der Waals surface area contributed by atoms with Crippen LogP contribution in [-0.4, -0.2) is 0 Å². The van der Waals surface area contributed by atoms with E-state index in [0.29, 0.717) is 0 Å². The number of hydrogen-bond acceptors (Lipinski definition) is 0. The zero-order valence-corrected chi connectivity index (χ0v) is 18.4. The maximum absolute atomic E-state index is 2.38. The molecule has 0 N–H and O–H groups in total. The molecule has 4 aromatic carbocycles. The van der Waals surface area contributed by atoms with Gasteiger partial charge >= 0.3 is 0 Å². The third-order valence-electron chi connectivity index (χ3n) is 5.97. The summed E-state index contributed by atoms with van der Waals surface area (Å²) < 4.78 is 0. The predicted octanol–water partition coefficient (Wildman–Crippen LogP) is 8.16. The van der Waals surface area contributed by atoms with Crippen LogP contribution < -0.4 is 0 Å². The van der Waals surface area contributed by atoms with Crippen molar-refractivity contribution in [2.24, 2.45) is 0 Å². The average molecular weight is 391 g/mol. The quantitative estimate of drug-likeness (QED) is 0.322. The highest BCUT2D eigenvalue weighted by molar-refractivity contribution is 5.71. The van der Waals surface area contributed by atoms with Gasteiger partial charge < -0.3 is 0 Å². The summed E-state index contributed by atoms with van der Waals surface area (Å²) in [6.45, 7) is 9.14. The van der Waals surface area contributed by atoms with E-state index in [1.807, 2.05) is 0 Å². The molecule has 0 bridgehead atoms. The number of rotatable bonds is 5. The molecule has 0 amide bonds. The highest BCUT2D eigenvalue weighted by atomic mass is 14.3. The highest BCUT2D eigenvalue weighted by Gasteiger charge is 2.26. The molecule has 0 saturated carbocycles. The summed E-state index contributed by atoms with van der Waals surface area (Å²) in [5.41, 5.74) is 10.7. The van der Waals surface area contributed by atoms with Crippen LogP contribution in [0.25, 0.3) is 22.3 Å². The van der Waals surface area contributed by atoms with Crippen molar-refractivity contribution in [2.45, 2.75) is 39.5 Å². The zero-order chi connectivity index (χ0) is 21.1. The Morgan fingerprint density at radius 3 is 1.67 bits per heavy atom. The van der Waals surface area contributed by atoms with Crippen LogP contribution in [0.1, 0.15) is 36.1 Å². The van der Waals surface area contributed by atoms with Gasteiger partial charge in [0.25, 0.3) is 0 Å². The van der Waals surface area contributed by atoms with Gasteiger partial charge in [0.2, 0.25) is 0 Å². The van der Waals surface area contributed by atoms with Gasteiger partial charge in [0.05, 0.1) is 0 Å². The lowest BCUT2D eigenvalue weighted by Gasteiger charge is -2.30. The highest BCUT2D eigenvalue weighted by Crippen LogP contribution is 2.38. The topological polar surface area (TPSA) is 0 Å². The summed E-state index contributed by atoms with van der Waals surface area (Å²) in [4.78, 5) is 0. The molecule has 0 atom stereocenters. The molecule has 30 heavy (non-hydrogen) atoms. The molecule has 0 spiro atoms. The van der Waals surface area contributed by atoms with Gasteiger partial charge in [-0.05, 0) is 59.1 Å². The molecule has 0 aliphatic rings. The Morgan fingerprint density at radius 2 is 1.07 bits per heavy atom. The minimum Gasteiger partial charge on any atom is -0.0622 e. The summed E-state index contributed by atoms with van der Waals surface area (Å²) in [6.07, 6.45) is 0.988. The second kappa shape index (κ2) is 8.32. The van der Waals surface area contributed by atoms with Crippen LogP contribution in [0.15, 0.2) is 97.1 Å². The summed E-state index contributed by atoms with van der Waals surface area (Å²) in [7, 11) is 0. The fraction of sp³-hybridized carbons (Fsp3) is 0.200. The molecule has 0 unspecified atom stereocenters. The fourth-order valence-electron chi connectivity index (χ4n) is 4.43. The molecule has 0 aliphatic carbocycles. The second-order valence-corrected chi connectivity index (χ2v) is 9.00. The van der Waals surface area contributed by atoms with E-state index in [-0.39, 0.29) is 5.41 Å². The van der Waals surface area contributed by atoms with Gasteiger partial charge in [0.1, 0.15) is 0 Å². The Balaban J connectivity index is 1.80. The van der Waals surface area contributed by atoms with E-state index in [4.69, 9.17) is 0 Å². The first kappa shape index (κ1) is 20.2. The van der Waals surface area contributed by atoms with E-state index in [1.54, 1.807) is 0 Å². The summed E-state index contributed by atoms with van der Waals surface area (Å²) in [6, 6.07) is 35.3. The van der Waals surface area contributed by atoms with Gasteiger partial charge in [0, 0.05) is 0 Å². The smallest absolute Gasteiger partial charge is 0.00567 e. The van der Waals surface area contributed by atoms with E-state index >= 15 is 0 Å². The lowest BCUT2D eigenvalue weighted by atomic mass is 9.74. The van der Waals surface area contributed by atoms with Gasteiger partial charge in [-0.15, -0.1) is 0 Å². The standard InChI is InChI=1S/C30H30/c1-22-15-17-27(24-11-7-5-8-12-24)26(19-22)21-30(3,4)29-20-23(2)16-18-28(29)25-13-9-6-10-14-25/h5-20H,21H2,1-4H3. The molecule has 0 saturated heterocycles. The molecular formula is C30H30. The molecule has 0 nitrogen and oxygen atoms in total. The van der Waals surface area contributed by atoms with Crippen molar-refractivity contribution >= 4 is 0 Å². The lowest BCUT2D eigenvalue weighted by molar-refractivity contribution is 0.524. The fourth-order valence-corrected chi connectivity index (χ4v) is 4.43. The third kappa shape index (κ3) is 4.24. The Labute approximate surface area is 181 Å². The lowest BCUT2D eigenvalue weighted by Crippen LogP contribution is -2.22. The van der Waals surface area contributed by atoms with Crippen molar-refractivity contribution < 1.29 is 0 Å².